The highest BCUT2D eigenvalue weighted by molar-refractivity contribution is 5.99. The number of hydrogen-bond acceptors (Lipinski definition) is 5. The summed E-state index contributed by atoms with van der Waals surface area (Å²) in [6, 6.07) is 13.9. The fourth-order valence-electron chi connectivity index (χ4n) is 4.18. The summed E-state index contributed by atoms with van der Waals surface area (Å²) in [6.45, 7) is 11.2. The van der Waals surface area contributed by atoms with Crippen molar-refractivity contribution < 1.29 is 14.3 Å². The van der Waals surface area contributed by atoms with Crippen LogP contribution in [0.25, 0.3) is 6.08 Å². The van der Waals surface area contributed by atoms with Crippen molar-refractivity contribution in [2.45, 2.75) is 60.7 Å². The average Bonchev–Trinajstić information content (AvgIpc) is 3.28. The SMILES string of the molecule is CCCn1c(C)cc(/C=C(\C#N)C(=O)OCC(=O)NCc2c(C)nn(Cc3ccccc3)c2C)c1C. The van der Waals surface area contributed by atoms with Gasteiger partial charge in [-0.25, -0.2) is 4.79 Å². The van der Waals surface area contributed by atoms with Gasteiger partial charge in [0.2, 0.25) is 0 Å². The van der Waals surface area contributed by atoms with Gasteiger partial charge in [0, 0.05) is 35.7 Å². The number of carbonyl (C=O) groups excluding carboxylic acids is 2. The highest BCUT2D eigenvalue weighted by Crippen LogP contribution is 2.19. The molecular formula is C28H33N5O3. The van der Waals surface area contributed by atoms with E-state index < -0.39 is 18.5 Å². The molecule has 0 saturated heterocycles. The van der Waals surface area contributed by atoms with Crippen LogP contribution in [0.2, 0.25) is 0 Å². The van der Waals surface area contributed by atoms with Crippen molar-refractivity contribution in [1.29, 1.82) is 5.26 Å². The number of nitrogens with one attached hydrogen (secondary N) is 1. The first-order valence-electron chi connectivity index (χ1n) is 12.0. The van der Waals surface area contributed by atoms with Crippen molar-refractivity contribution in [3.63, 3.8) is 0 Å². The number of nitriles is 1. The number of aromatic nitrogens is 3. The summed E-state index contributed by atoms with van der Waals surface area (Å²) < 4.78 is 9.17. The maximum Gasteiger partial charge on any atom is 0.349 e. The van der Waals surface area contributed by atoms with Crippen molar-refractivity contribution in [1.82, 2.24) is 19.7 Å². The quantitative estimate of drug-likeness (QED) is 0.263. The molecule has 0 aliphatic rings. The van der Waals surface area contributed by atoms with Gasteiger partial charge in [0.25, 0.3) is 5.91 Å². The Kier molecular flexibility index (Phi) is 8.85. The number of rotatable bonds is 10. The van der Waals surface area contributed by atoms with Gasteiger partial charge >= 0.3 is 5.97 Å². The van der Waals surface area contributed by atoms with Gasteiger partial charge in [0.05, 0.1) is 12.2 Å². The van der Waals surface area contributed by atoms with Crippen LogP contribution in [0.15, 0.2) is 42.0 Å². The number of nitrogens with zero attached hydrogens (tertiary/aromatic N) is 4. The molecule has 0 radical (unpaired) electrons. The molecule has 8 nitrogen and oxygen atoms in total. The Hall–Kier alpha value is -4.12. The lowest BCUT2D eigenvalue weighted by molar-refractivity contribution is -0.144. The number of aryl methyl sites for hydroxylation is 2. The minimum atomic E-state index is -0.823. The van der Waals surface area contributed by atoms with E-state index in [1.165, 1.54) is 6.08 Å². The van der Waals surface area contributed by atoms with Gasteiger partial charge < -0.3 is 14.6 Å². The van der Waals surface area contributed by atoms with E-state index in [0.29, 0.717) is 6.54 Å². The van der Waals surface area contributed by atoms with Gasteiger partial charge in [0.1, 0.15) is 11.6 Å². The van der Waals surface area contributed by atoms with Crippen LogP contribution in [-0.4, -0.2) is 32.8 Å². The molecule has 0 spiro atoms. The molecule has 8 heteroatoms. The molecule has 3 rings (SSSR count). The molecule has 0 atom stereocenters. The standard InChI is InChI=1S/C28H33N5O3/c1-6-12-32-19(2)13-24(21(32)4)14-25(15-29)28(35)36-18-27(34)30-16-26-20(3)31-33(22(26)5)17-23-10-8-7-9-11-23/h7-11,13-14H,6,12,16-18H2,1-5H3,(H,30,34)/b25-14+. The predicted octanol–water partition coefficient (Wildman–Crippen LogP) is 4.14. The molecule has 1 aromatic carbocycles. The third-order valence-corrected chi connectivity index (χ3v) is 6.20. The number of ether oxygens (including phenoxy) is 1. The van der Waals surface area contributed by atoms with Gasteiger partial charge in [-0.3, -0.25) is 9.48 Å². The normalized spacial score (nSPS) is 11.3. The monoisotopic (exact) mass is 487 g/mol. The summed E-state index contributed by atoms with van der Waals surface area (Å²) in [6.07, 6.45) is 2.50. The van der Waals surface area contributed by atoms with Crippen molar-refractivity contribution in [2.75, 3.05) is 6.61 Å². The van der Waals surface area contributed by atoms with Crippen LogP contribution >= 0.6 is 0 Å². The highest BCUT2D eigenvalue weighted by atomic mass is 16.5. The van der Waals surface area contributed by atoms with E-state index in [-0.39, 0.29) is 12.1 Å². The van der Waals surface area contributed by atoms with Gasteiger partial charge in [-0.15, -0.1) is 0 Å². The molecule has 0 bridgehead atoms. The Balaban J connectivity index is 1.58. The van der Waals surface area contributed by atoms with Crippen molar-refractivity contribution in [2.24, 2.45) is 0 Å². The first-order valence-corrected chi connectivity index (χ1v) is 12.0. The van der Waals surface area contributed by atoms with Crippen molar-refractivity contribution >= 4 is 18.0 Å². The van der Waals surface area contributed by atoms with Crippen LogP contribution in [-0.2, 0) is 34.0 Å². The Bertz CT molecular complexity index is 1310. The smallest absolute Gasteiger partial charge is 0.349 e. The molecule has 0 aliphatic heterocycles. The first kappa shape index (κ1) is 26.5. The van der Waals surface area contributed by atoms with Gasteiger partial charge in [-0.2, -0.15) is 10.4 Å². The Labute approximate surface area is 212 Å². The van der Waals surface area contributed by atoms with Gasteiger partial charge in [-0.1, -0.05) is 37.3 Å². The second-order valence-electron chi connectivity index (χ2n) is 8.79. The zero-order chi connectivity index (χ0) is 26.2. The topological polar surface area (TPSA) is 102 Å². The average molecular weight is 488 g/mol. The minimum Gasteiger partial charge on any atom is -0.451 e. The Morgan fingerprint density at radius 2 is 1.86 bits per heavy atom. The second kappa shape index (κ2) is 12.0. The van der Waals surface area contributed by atoms with Crippen LogP contribution in [0.4, 0.5) is 0 Å². The number of hydrogen-bond donors (Lipinski definition) is 1. The van der Waals surface area contributed by atoms with E-state index in [1.54, 1.807) is 0 Å². The van der Waals surface area contributed by atoms with E-state index in [2.05, 4.69) is 21.9 Å². The molecule has 0 fully saturated rings. The van der Waals surface area contributed by atoms with Crippen molar-refractivity contribution in [3.8, 4) is 6.07 Å². The summed E-state index contributed by atoms with van der Waals surface area (Å²) in [5.74, 6) is -1.27. The molecule has 3 aromatic rings. The van der Waals surface area contributed by atoms with Gasteiger partial charge in [0.15, 0.2) is 6.61 Å². The van der Waals surface area contributed by atoms with E-state index >= 15 is 0 Å². The molecule has 0 aliphatic carbocycles. The maximum atomic E-state index is 12.5. The molecule has 1 N–H and O–H groups in total. The third-order valence-electron chi connectivity index (χ3n) is 6.20. The highest BCUT2D eigenvalue weighted by Gasteiger charge is 2.17. The van der Waals surface area contributed by atoms with E-state index in [1.807, 2.05) is 74.8 Å². The zero-order valence-corrected chi connectivity index (χ0v) is 21.6. The fraction of sp³-hybridized carbons (Fsp3) is 0.357. The van der Waals surface area contributed by atoms with Crippen LogP contribution in [0.1, 0.15) is 52.8 Å². The molecule has 0 saturated carbocycles. The van der Waals surface area contributed by atoms with Crippen molar-refractivity contribution in [3.05, 3.63) is 81.4 Å². The Morgan fingerprint density at radius 1 is 1.14 bits per heavy atom. The van der Waals surface area contributed by atoms with Crippen LogP contribution in [0, 0.1) is 39.0 Å². The second-order valence-corrected chi connectivity index (χ2v) is 8.79. The first-order chi connectivity index (χ1) is 17.2. The third kappa shape index (κ3) is 6.30. The van der Waals surface area contributed by atoms with E-state index in [9.17, 15) is 14.9 Å². The number of carbonyl (C=O) groups is 2. The van der Waals surface area contributed by atoms with Crippen LogP contribution in [0.3, 0.4) is 0 Å². The lowest BCUT2D eigenvalue weighted by atomic mass is 10.1. The largest absolute Gasteiger partial charge is 0.451 e. The molecule has 2 heterocycles. The fourth-order valence-corrected chi connectivity index (χ4v) is 4.18. The molecule has 188 valence electrons. The van der Waals surface area contributed by atoms with Gasteiger partial charge in [-0.05, 0) is 57.4 Å². The van der Waals surface area contributed by atoms with E-state index in [4.69, 9.17) is 4.74 Å². The summed E-state index contributed by atoms with van der Waals surface area (Å²) in [5.41, 5.74) is 6.53. The minimum absolute atomic E-state index is 0.145. The van der Waals surface area contributed by atoms with Crippen LogP contribution < -0.4 is 5.32 Å². The lowest BCUT2D eigenvalue weighted by Gasteiger charge is -2.08. The maximum absolute atomic E-state index is 12.5. The summed E-state index contributed by atoms with van der Waals surface area (Å²) in [5, 5.41) is 16.9. The molecule has 0 unspecified atom stereocenters. The molecule has 2 aromatic heterocycles. The molecular weight excluding hydrogens is 454 g/mol. The summed E-state index contributed by atoms with van der Waals surface area (Å²) in [7, 11) is 0. The van der Waals surface area contributed by atoms with Crippen LogP contribution in [0.5, 0.6) is 0 Å². The zero-order valence-electron chi connectivity index (χ0n) is 21.6. The lowest BCUT2D eigenvalue weighted by Crippen LogP contribution is -2.29. The summed E-state index contributed by atoms with van der Waals surface area (Å²) in [4.78, 5) is 24.8. The van der Waals surface area contributed by atoms with E-state index in [0.717, 1.165) is 52.4 Å². The molecule has 36 heavy (non-hydrogen) atoms. The Morgan fingerprint density at radius 3 is 2.53 bits per heavy atom. The number of benzene rings is 1. The number of amides is 1. The molecule has 1 amide bonds. The summed E-state index contributed by atoms with van der Waals surface area (Å²) >= 11 is 0. The number of esters is 1. The predicted molar refractivity (Wildman–Crippen MR) is 138 cm³/mol.